The summed E-state index contributed by atoms with van der Waals surface area (Å²) < 4.78 is 7.08. The molecule has 0 aliphatic heterocycles. The Morgan fingerprint density at radius 1 is 1.27 bits per heavy atom. The Hall–Kier alpha value is -1.66. The maximum Gasteiger partial charge on any atom is 0.249 e. The number of anilines is 1. The monoisotopic (exact) mass is 424 g/mol. The smallest absolute Gasteiger partial charge is 0.249 e. The summed E-state index contributed by atoms with van der Waals surface area (Å²) >= 11 is 6.77. The molecule has 1 aromatic carbocycles. The summed E-state index contributed by atoms with van der Waals surface area (Å²) in [6, 6.07) is 9.18. The van der Waals surface area contributed by atoms with Crippen molar-refractivity contribution < 1.29 is 9.53 Å². The largest absolute Gasteiger partial charge is 0.496 e. The summed E-state index contributed by atoms with van der Waals surface area (Å²) in [6.45, 7) is 1.86. The molecule has 0 saturated carbocycles. The zero-order valence-electron chi connectivity index (χ0n) is 12.1. The van der Waals surface area contributed by atoms with Gasteiger partial charge in [-0.3, -0.25) is 4.79 Å². The first kappa shape index (κ1) is 16.7. The maximum atomic E-state index is 12.0. The van der Waals surface area contributed by atoms with Gasteiger partial charge in [-0.2, -0.15) is 0 Å². The number of hydrogen-bond acceptors (Lipinski definition) is 3. The first-order valence-corrected chi connectivity index (χ1v) is 8.04. The van der Waals surface area contributed by atoms with Gasteiger partial charge in [0.15, 0.2) is 0 Å². The Kier molecular flexibility index (Phi) is 5.74. The SMILES string of the molecule is COc1ccc(Br)cc1C=CC(=O)Nc1ccc(Br)c(C)n1. The van der Waals surface area contributed by atoms with Crippen molar-refractivity contribution in [3.8, 4) is 5.75 Å². The Bertz CT molecular complexity index is 730. The van der Waals surface area contributed by atoms with E-state index in [1.165, 1.54) is 6.08 Å². The number of hydrogen-bond donors (Lipinski definition) is 1. The quantitative estimate of drug-likeness (QED) is 0.729. The van der Waals surface area contributed by atoms with Gasteiger partial charge in [0.2, 0.25) is 5.91 Å². The number of nitrogens with zero attached hydrogens (tertiary/aromatic N) is 1. The number of aromatic nitrogens is 1. The Morgan fingerprint density at radius 2 is 2.05 bits per heavy atom. The van der Waals surface area contributed by atoms with Gasteiger partial charge in [-0.05, 0) is 59.3 Å². The molecule has 0 bridgehead atoms. The van der Waals surface area contributed by atoms with Crippen LogP contribution in [-0.4, -0.2) is 18.0 Å². The third-order valence-corrected chi connectivity index (χ3v) is 4.21. The van der Waals surface area contributed by atoms with Crippen LogP contribution in [0.15, 0.2) is 45.4 Å². The maximum absolute atomic E-state index is 12.0. The Morgan fingerprint density at radius 3 is 2.73 bits per heavy atom. The average molecular weight is 426 g/mol. The molecule has 1 heterocycles. The number of benzene rings is 1. The molecule has 0 atom stereocenters. The summed E-state index contributed by atoms with van der Waals surface area (Å²) in [5.74, 6) is 0.956. The second-order valence-corrected chi connectivity index (χ2v) is 6.24. The van der Waals surface area contributed by atoms with Crippen LogP contribution in [0, 0.1) is 6.92 Å². The van der Waals surface area contributed by atoms with Crippen LogP contribution in [0.4, 0.5) is 5.82 Å². The van der Waals surface area contributed by atoms with Crippen LogP contribution in [-0.2, 0) is 4.79 Å². The van der Waals surface area contributed by atoms with Crippen molar-refractivity contribution in [3.63, 3.8) is 0 Å². The van der Waals surface area contributed by atoms with Gasteiger partial charge in [0.05, 0.1) is 12.8 Å². The van der Waals surface area contributed by atoms with Crippen molar-refractivity contribution in [2.45, 2.75) is 6.92 Å². The van der Waals surface area contributed by atoms with E-state index in [4.69, 9.17) is 4.74 Å². The minimum atomic E-state index is -0.253. The molecule has 0 radical (unpaired) electrons. The molecular weight excluding hydrogens is 412 g/mol. The number of aryl methyl sites for hydroxylation is 1. The first-order chi connectivity index (χ1) is 10.5. The highest BCUT2D eigenvalue weighted by atomic mass is 79.9. The molecule has 0 aliphatic rings. The number of pyridine rings is 1. The summed E-state index contributed by atoms with van der Waals surface area (Å²) in [4.78, 5) is 16.2. The third-order valence-electron chi connectivity index (χ3n) is 2.88. The van der Waals surface area contributed by atoms with E-state index in [1.54, 1.807) is 19.3 Å². The van der Waals surface area contributed by atoms with E-state index in [9.17, 15) is 4.79 Å². The van der Waals surface area contributed by atoms with Gasteiger partial charge in [0.25, 0.3) is 0 Å². The van der Waals surface area contributed by atoms with Gasteiger partial charge < -0.3 is 10.1 Å². The van der Waals surface area contributed by atoms with Crippen molar-refractivity contribution in [2.75, 3.05) is 12.4 Å². The van der Waals surface area contributed by atoms with Crippen LogP contribution >= 0.6 is 31.9 Å². The van der Waals surface area contributed by atoms with Crippen LogP contribution in [0.5, 0.6) is 5.75 Å². The van der Waals surface area contributed by atoms with Gasteiger partial charge in [-0.1, -0.05) is 15.9 Å². The summed E-state index contributed by atoms with van der Waals surface area (Å²) in [5.41, 5.74) is 1.63. The highest BCUT2D eigenvalue weighted by molar-refractivity contribution is 9.10. The van der Waals surface area contributed by atoms with E-state index < -0.39 is 0 Å². The number of amides is 1. The van der Waals surface area contributed by atoms with Gasteiger partial charge in [0, 0.05) is 20.6 Å². The second-order valence-electron chi connectivity index (χ2n) is 4.47. The molecule has 0 fully saturated rings. The topological polar surface area (TPSA) is 51.2 Å². The molecule has 0 saturated heterocycles. The molecule has 0 spiro atoms. The molecule has 6 heteroatoms. The molecule has 2 aromatic rings. The van der Waals surface area contributed by atoms with E-state index >= 15 is 0 Å². The number of carbonyl (C=O) groups excluding carboxylic acids is 1. The van der Waals surface area contributed by atoms with E-state index in [1.807, 2.05) is 31.2 Å². The van der Waals surface area contributed by atoms with Crippen molar-refractivity contribution in [1.82, 2.24) is 4.98 Å². The molecule has 2 rings (SSSR count). The molecule has 1 amide bonds. The number of ether oxygens (including phenoxy) is 1. The van der Waals surface area contributed by atoms with Crippen molar-refractivity contribution in [1.29, 1.82) is 0 Å². The zero-order chi connectivity index (χ0) is 16.1. The summed E-state index contributed by atoms with van der Waals surface area (Å²) in [7, 11) is 1.59. The van der Waals surface area contributed by atoms with Crippen LogP contribution in [0.25, 0.3) is 6.08 Å². The van der Waals surface area contributed by atoms with Crippen LogP contribution in [0.3, 0.4) is 0 Å². The highest BCUT2D eigenvalue weighted by Crippen LogP contribution is 2.24. The van der Waals surface area contributed by atoms with Crippen LogP contribution in [0.2, 0.25) is 0 Å². The fourth-order valence-corrected chi connectivity index (χ4v) is 2.38. The minimum absolute atomic E-state index is 0.253. The number of rotatable bonds is 4. The second kappa shape index (κ2) is 7.56. The summed E-state index contributed by atoms with van der Waals surface area (Å²) in [5, 5.41) is 2.72. The van der Waals surface area contributed by atoms with E-state index in [2.05, 4.69) is 42.2 Å². The van der Waals surface area contributed by atoms with Crippen LogP contribution in [0.1, 0.15) is 11.3 Å². The number of halogens is 2. The van der Waals surface area contributed by atoms with E-state index in [0.29, 0.717) is 11.6 Å². The van der Waals surface area contributed by atoms with E-state index in [-0.39, 0.29) is 5.91 Å². The molecule has 0 unspecified atom stereocenters. The molecule has 4 nitrogen and oxygen atoms in total. The normalized spacial score (nSPS) is 10.7. The minimum Gasteiger partial charge on any atom is -0.496 e. The molecular formula is C16H14Br2N2O2. The van der Waals surface area contributed by atoms with Gasteiger partial charge in [0.1, 0.15) is 11.6 Å². The lowest BCUT2D eigenvalue weighted by molar-refractivity contribution is -0.111. The first-order valence-electron chi connectivity index (χ1n) is 6.45. The molecule has 114 valence electrons. The number of carbonyl (C=O) groups is 1. The fourth-order valence-electron chi connectivity index (χ4n) is 1.78. The van der Waals surface area contributed by atoms with E-state index in [0.717, 1.165) is 20.2 Å². The molecule has 1 N–H and O–H groups in total. The third kappa shape index (κ3) is 4.42. The van der Waals surface area contributed by atoms with Crippen molar-refractivity contribution in [2.24, 2.45) is 0 Å². The average Bonchev–Trinajstić information content (AvgIpc) is 2.49. The Labute approximate surface area is 145 Å². The number of methoxy groups -OCH3 is 1. The lowest BCUT2D eigenvalue weighted by atomic mass is 10.2. The predicted molar refractivity (Wildman–Crippen MR) is 95.0 cm³/mol. The molecule has 0 aliphatic carbocycles. The van der Waals surface area contributed by atoms with Crippen molar-refractivity contribution >= 4 is 49.7 Å². The van der Waals surface area contributed by atoms with Gasteiger partial charge in [-0.25, -0.2) is 4.98 Å². The lowest BCUT2D eigenvalue weighted by Crippen LogP contribution is -2.09. The molecule has 1 aromatic heterocycles. The Balaban J connectivity index is 2.11. The van der Waals surface area contributed by atoms with Gasteiger partial charge in [-0.15, -0.1) is 0 Å². The van der Waals surface area contributed by atoms with Gasteiger partial charge >= 0.3 is 0 Å². The standard InChI is InChI=1S/C16H14Br2N2O2/c1-10-13(18)5-7-15(19-10)20-16(21)8-3-11-9-12(17)4-6-14(11)22-2/h3-9H,1-2H3,(H,19,20,21). The lowest BCUT2D eigenvalue weighted by Gasteiger charge is -2.06. The predicted octanol–water partition coefficient (Wildman–Crippen LogP) is 4.58. The fraction of sp³-hybridized carbons (Fsp3) is 0.125. The zero-order valence-corrected chi connectivity index (χ0v) is 15.2. The highest BCUT2D eigenvalue weighted by Gasteiger charge is 2.04. The molecule has 22 heavy (non-hydrogen) atoms. The number of nitrogens with one attached hydrogen (secondary N) is 1. The van der Waals surface area contributed by atoms with Crippen molar-refractivity contribution in [3.05, 3.63) is 56.6 Å². The van der Waals surface area contributed by atoms with Crippen LogP contribution < -0.4 is 10.1 Å². The summed E-state index contributed by atoms with van der Waals surface area (Å²) in [6.07, 6.45) is 3.15.